The van der Waals surface area contributed by atoms with E-state index < -0.39 is 0 Å². The van der Waals surface area contributed by atoms with Gasteiger partial charge in [-0.05, 0) is 74.5 Å². The van der Waals surface area contributed by atoms with Gasteiger partial charge < -0.3 is 14.9 Å². The molecule has 0 heterocycles. The molecule has 0 spiro atoms. The van der Waals surface area contributed by atoms with Crippen molar-refractivity contribution in [1.29, 1.82) is 0 Å². The molecule has 4 nitrogen and oxygen atoms in total. The zero-order valence-corrected chi connectivity index (χ0v) is 15.8. The molecule has 7 atom stereocenters. The van der Waals surface area contributed by atoms with Gasteiger partial charge in [0.2, 0.25) is 0 Å². The Balaban J connectivity index is 1.67. The van der Waals surface area contributed by atoms with Crippen LogP contribution in [0.4, 0.5) is 0 Å². The molecule has 3 saturated carbocycles. The molecule has 2 unspecified atom stereocenters. The van der Waals surface area contributed by atoms with E-state index in [9.17, 15) is 15.0 Å². The van der Waals surface area contributed by atoms with Gasteiger partial charge in [0, 0.05) is 11.5 Å². The fraction of sp³-hybridized carbons (Fsp3) is 0.773. The van der Waals surface area contributed by atoms with Crippen LogP contribution in [0.1, 0.15) is 58.3 Å². The Labute approximate surface area is 156 Å². The van der Waals surface area contributed by atoms with Crippen LogP contribution in [0.25, 0.3) is 0 Å². The molecule has 144 valence electrons. The highest BCUT2D eigenvalue weighted by atomic mass is 16.5. The summed E-state index contributed by atoms with van der Waals surface area (Å²) in [6.07, 6.45) is 10.6. The number of aliphatic hydroxyl groups excluding tert-OH is 2. The van der Waals surface area contributed by atoms with Crippen LogP contribution in [-0.2, 0) is 9.53 Å². The van der Waals surface area contributed by atoms with Gasteiger partial charge in [0.1, 0.15) is 6.61 Å². The Hall–Kier alpha value is -1.13. The monoisotopic (exact) mass is 360 g/mol. The summed E-state index contributed by atoms with van der Waals surface area (Å²) in [7, 11) is 0. The third kappa shape index (κ3) is 2.60. The standard InChI is InChI=1S/C22H32O4/c1-3-20(25)26-13-22-11-8-15(23)12-14(22)4-5-16-17-6-7-19(24)21(17,2)10-9-18(16)22/h3,12,15-19,23-24H,1,4-11,13H2,2H3/t15?,16-,17-,18+,19?,21-,22+/m0/s1. The van der Waals surface area contributed by atoms with Gasteiger partial charge in [-0.1, -0.05) is 25.2 Å². The van der Waals surface area contributed by atoms with E-state index in [0.717, 1.165) is 51.4 Å². The van der Waals surface area contributed by atoms with Gasteiger partial charge in [-0.15, -0.1) is 0 Å². The number of aliphatic hydroxyl groups is 2. The number of ether oxygens (including phenoxy) is 1. The van der Waals surface area contributed by atoms with E-state index in [2.05, 4.69) is 13.5 Å². The van der Waals surface area contributed by atoms with Crippen LogP contribution in [0.3, 0.4) is 0 Å². The number of rotatable bonds is 3. The lowest BCUT2D eigenvalue weighted by Crippen LogP contribution is -2.54. The van der Waals surface area contributed by atoms with Crippen molar-refractivity contribution in [3.05, 3.63) is 24.3 Å². The molecule has 0 aromatic rings. The van der Waals surface area contributed by atoms with E-state index >= 15 is 0 Å². The largest absolute Gasteiger partial charge is 0.462 e. The number of fused-ring (bicyclic) bond motifs is 5. The lowest BCUT2D eigenvalue weighted by atomic mass is 9.47. The minimum atomic E-state index is -0.369. The molecule has 0 amide bonds. The Morgan fingerprint density at radius 2 is 2.04 bits per heavy atom. The average molecular weight is 360 g/mol. The van der Waals surface area contributed by atoms with Crippen LogP contribution in [-0.4, -0.2) is 35.0 Å². The first-order valence-electron chi connectivity index (χ1n) is 10.3. The Morgan fingerprint density at radius 3 is 2.81 bits per heavy atom. The van der Waals surface area contributed by atoms with Crippen LogP contribution >= 0.6 is 0 Å². The summed E-state index contributed by atoms with van der Waals surface area (Å²) in [6.45, 7) is 6.21. The minimum absolute atomic E-state index is 0.0511. The first-order valence-corrected chi connectivity index (χ1v) is 10.3. The normalized spacial score (nSPS) is 47.2. The van der Waals surface area contributed by atoms with E-state index in [0.29, 0.717) is 24.4 Å². The number of carbonyl (C=O) groups is 1. The van der Waals surface area contributed by atoms with Crippen molar-refractivity contribution in [2.24, 2.45) is 28.6 Å². The predicted octanol–water partition coefficient (Wildman–Crippen LogP) is 3.38. The number of esters is 1. The van der Waals surface area contributed by atoms with Crippen LogP contribution in [0.15, 0.2) is 24.3 Å². The molecule has 4 rings (SSSR count). The van der Waals surface area contributed by atoms with E-state index in [-0.39, 0.29) is 29.0 Å². The van der Waals surface area contributed by atoms with Crippen molar-refractivity contribution in [2.45, 2.75) is 70.5 Å². The lowest BCUT2D eigenvalue weighted by Gasteiger charge is -2.58. The van der Waals surface area contributed by atoms with Gasteiger partial charge in [0.15, 0.2) is 0 Å². The van der Waals surface area contributed by atoms with Gasteiger partial charge in [-0.3, -0.25) is 0 Å². The molecule has 26 heavy (non-hydrogen) atoms. The molecule has 0 aromatic carbocycles. The zero-order chi connectivity index (χ0) is 18.5. The smallest absolute Gasteiger partial charge is 0.330 e. The van der Waals surface area contributed by atoms with E-state index in [1.807, 2.05) is 6.08 Å². The summed E-state index contributed by atoms with van der Waals surface area (Å²) in [5, 5.41) is 20.8. The molecule has 0 saturated heterocycles. The van der Waals surface area contributed by atoms with Gasteiger partial charge >= 0.3 is 5.97 Å². The first-order chi connectivity index (χ1) is 12.4. The van der Waals surface area contributed by atoms with Crippen LogP contribution in [0.5, 0.6) is 0 Å². The quantitative estimate of drug-likeness (QED) is 0.460. The van der Waals surface area contributed by atoms with Gasteiger partial charge in [-0.2, -0.15) is 0 Å². The van der Waals surface area contributed by atoms with Crippen molar-refractivity contribution >= 4 is 5.97 Å². The molecular formula is C22H32O4. The molecule has 3 fully saturated rings. The molecule has 0 aliphatic heterocycles. The third-order valence-electron chi connectivity index (χ3n) is 8.40. The summed E-state index contributed by atoms with van der Waals surface area (Å²) in [6, 6.07) is 0. The molecule has 4 aliphatic carbocycles. The van der Waals surface area contributed by atoms with E-state index in [1.54, 1.807) is 0 Å². The first kappa shape index (κ1) is 18.2. The highest BCUT2D eigenvalue weighted by Gasteiger charge is 2.60. The highest BCUT2D eigenvalue weighted by Crippen LogP contribution is 2.65. The van der Waals surface area contributed by atoms with Crippen molar-refractivity contribution in [3.8, 4) is 0 Å². The second kappa shape index (κ2) is 6.49. The third-order valence-corrected chi connectivity index (χ3v) is 8.40. The van der Waals surface area contributed by atoms with Gasteiger partial charge in [0.25, 0.3) is 0 Å². The fourth-order valence-corrected chi connectivity index (χ4v) is 7.00. The van der Waals surface area contributed by atoms with Crippen LogP contribution in [0.2, 0.25) is 0 Å². The summed E-state index contributed by atoms with van der Waals surface area (Å²) >= 11 is 0. The highest BCUT2D eigenvalue weighted by molar-refractivity contribution is 5.81. The second-order valence-electron chi connectivity index (χ2n) is 9.32. The Bertz CT molecular complexity index is 626. The van der Waals surface area contributed by atoms with Crippen molar-refractivity contribution < 1.29 is 19.7 Å². The minimum Gasteiger partial charge on any atom is -0.462 e. The maximum absolute atomic E-state index is 11.8. The van der Waals surface area contributed by atoms with Crippen molar-refractivity contribution in [3.63, 3.8) is 0 Å². The SMILES string of the molecule is C=CC(=O)OC[C@]12CCC(O)C=C1CC[C@@H]1[C@H]2CC[C@]2(C)C(O)CC[C@@H]12. The van der Waals surface area contributed by atoms with E-state index in [4.69, 9.17) is 4.74 Å². The fourth-order valence-electron chi connectivity index (χ4n) is 7.00. The van der Waals surface area contributed by atoms with Gasteiger partial charge in [0.05, 0.1) is 12.2 Å². The maximum atomic E-state index is 11.8. The summed E-state index contributed by atoms with van der Waals surface area (Å²) < 4.78 is 5.60. The summed E-state index contributed by atoms with van der Waals surface area (Å²) in [4.78, 5) is 11.8. The number of hydrogen-bond acceptors (Lipinski definition) is 4. The second-order valence-corrected chi connectivity index (χ2v) is 9.32. The van der Waals surface area contributed by atoms with Crippen molar-refractivity contribution in [1.82, 2.24) is 0 Å². The molecule has 0 bridgehead atoms. The van der Waals surface area contributed by atoms with Gasteiger partial charge in [-0.25, -0.2) is 4.79 Å². The molecular weight excluding hydrogens is 328 g/mol. The number of hydrogen-bond donors (Lipinski definition) is 2. The van der Waals surface area contributed by atoms with Crippen LogP contribution < -0.4 is 0 Å². The van der Waals surface area contributed by atoms with Crippen LogP contribution in [0, 0.1) is 28.6 Å². The zero-order valence-electron chi connectivity index (χ0n) is 15.8. The van der Waals surface area contributed by atoms with E-state index in [1.165, 1.54) is 11.6 Å². The molecule has 0 radical (unpaired) electrons. The Morgan fingerprint density at radius 1 is 1.23 bits per heavy atom. The molecule has 2 N–H and O–H groups in total. The lowest BCUT2D eigenvalue weighted by molar-refractivity contribution is -0.147. The molecule has 0 aromatic heterocycles. The topological polar surface area (TPSA) is 66.8 Å². The van der Waals surface area contributed by atoms with Crippen molar-refractivity contribution in [2.75, 3.05) is 6.61 Å². The summed E-state index contributed by atoms with van der Waals surface area (Å²) in [5.74, 6) is 1.28. The number of carbonyl (C=O) groups excluding carboxylic acids is 1. The average Bonchev–Trinajstić information content (AvgIpc) is 2.94. The predicted molar refractivity (Wildman–Crippen MR) is 99.2 cm³/mol. The summed E-state index contributed by atoms with van der Waals surface area (Å²) in [5.41, 5.74) is 1.22. The molecule has 4 aliphatic rings. The maximum Gasteiger partial charge on any atom is 0.330 e. The molecule has 4 heteroatoms. The Kier molecular flexibility index (Phi) is 4.55.